The molecule has 0 unspecified atom stereocenters. The lowest BCUT2D eigenvalue weighted by molar-refractivity contribution is 0.0259. The predicted octanol–water partition coefficient (Wildman–Crippen LogP) is 3.31. The normalized spacial score (nSPS) is 15.1. The van der Waals surface area contributed by atoms with Gasteiger partial charge in [0, 0.05) is 18.3 Å². The summed E-state index contributed by atoms with van der Waals surface area (Å²) in [5.74, 6) is 1.05. The Morgan fingerprint density at radius 3 is 2.79 bits per heavy atom. The molecule has 2 aromatic heterocycles. The summed E-state index contributed by atoms with van der Waals surface area (Å²) in [7, 11) is 3.89. The number of likely N-dealkylation sites (N-methyl/N-ethyl adjacent to an activating group) is 1. The molecule has 2 N–H and O–H groups in total. The molecule has 3 heterocycles. The van der Waals surface area contributed by atoms with Crippen molar-refractivity contribution in [1.82, 2.24) is 30.0 Å². The summed E-state index contributed by atoms with van der Waals surface area (Å²) in [5.41, 5.74) is 1.96. The van der Waals surface area contributed by atoms with Crippen molar-refractivity contribution < 1.29 is 9.53 Å². The molecule has 10 nitrogen and oxygen atoms in total. The molecule has 1 aliphatic heterocycles. The van der Waals surface area contributed by atoms with Gasteiger partial charge >= 0.3 is 6.09 Å². The monoisotopic (exact) mass is 446 g/mol. The zero-order chi connectivity index (χ0) is 23.6. The van der Waals surface area contributed by atoms with Gasteiger partial charge < -0.3 is 15.0 Å². The molecule has 1 amide bonds. The van der Waals surface area contributed by atoms with Crippen LogP contribution in [0.3, 0.4) is 0 Å². The Morgan fingerprint density at radius 2 is 2.09 bits per heavy atom. The van der Waals surface area contributed by atoms with E-state index in [0.29, 0.717) is 24.7 Å². The van der Waals surface area contributed by atoms with Crippen molar-refractivity contribution in [1.29, 1.82) is 5.26 Å². The first kappa shape index (κ1) is 22.2. The van der Waals surface area contributed by atoms with Crippen molar-refractivity contribution in [2.24, 2.45) is 0 Å². The highest BCUT2D eigenvalue weighted by molar-refractivity contribution is 5.72. The summed E-state index contributed by atoms with van der Waals surface area (Å²) >= 11 is 0. The summed E-state index contributed by atoms with van der Waals surface area (Å²) in [6, 6.07) is 13.3. The van der Waals surface area contributed by atoms with Crippen molar-refractivity contribution in [3.8, 4) is 6.07 Å². The van der Waals surface area contributed by atoms with Crippen LogP contribution in [0.4, 0.5) is 16.4 Å². The highest BCUT2D eigenvalue weighted by atomic mass is 16.6. The van der Waals surface area contributed by atoms with Gasteiger partial charge in [-0.2, -0.15) is 10.4 Å². The minimum Gasteiger partial charge on any atom is -0.440 e. The fraction of sp³-hybridized carbons (Fsp3) is 0.348. The number of fused-ring (bicyclic) bond motifs is 1. The lowest BCUT2D eigenvalue weighted by atomic mass is 10.0. The molecule has 33 heavy (non-hydrogen) atoms. The summed E-state index contributed by atoms with van der Waals surface area (Å²) in [4.78, 5) is 25.0. The molecule has 1 aliphatic rings. The average molecular weight is 447 g/mol. The fourth-order valence-electron chi connectivity index (χ4n) is 3.91. The maximum Gasteiger partial charge on any atom is 0.411 e. The van der Waals surface area contributed by atoms with Gasteiger partial charge in [0.05, 0.1) is 17.8 Å². The SMILES string of the molecule is CN(C)C[C@@H](OC(=O)N1Cc2c(Nc3ccnc(C#N)n3)n[nH]c2C1(C)C)c1ccccc1. The number of benzene rings is 1. The summed E-state index contributed by atoms with van der Waals surface area (Å²) in [6.07, 6.45) is 0.702. The highest BCUT2D eigenvalue weighted by Gasteiger charge is 2.45. The van der Waals surface area contributed by atoms with E-state index in [4.69, 9.17) is 10.00 Å². The number of H-pyrrole nitrogens is 1. The largest absolute Gasteiger partial charge is 0.440 e. The topological polar surface area (TPSA) is 123 Å². The number of nitrogens with one attached hydrogen (secondary N) is 2. The molecule has 0 radical (unpaired) electrons. The molecule has 1 atom stereocenters. The van der Waals surface area contributed by atoms with Crippen molar-refractivity contribution in [2.75, 3.05) is 26.0 Å². The number of amides is 1. The number of nitriles is 1. The number of ether oxygens (including phenoxy) is 1. The second-order valence-corrected chi connectivity index (χ2v) is 8.62. The van der Waals surface area contributed by atoms with Gasteiger partial charge in [-0.3, -0.25) is 10.00 Å². The predicted molar refractivity (Wildman–Crippen MR) is 121 cm³/mol. The van der Waals surface area contributed by atoms with Crippen LogP contribution in [0.1, 0.15) is 42.6 Å². The number of hydrogen-bond acceptors (Lipinski definition) is 8. The number of carbonyl (C=O) groups excluding carboxylic acids is 1. The van der Waals surface area contributed by atoms with Gasteiger partial charge in [-0.15, -0.1) is 0 Å². The smallest absolute Gasteiger partial charge is 0.411 e. The first-order valence-electron chi connectivity index (χ1n) is 10.6. The minimum atomic E-state index is -0.651. The maximum absolute atomic E-state index is 13.3. The van der Waals surface area contributed by atoms with Crippen LogP contribution < -0.4 is 5.32 Å². The third-order valence-electron chi connectivity index (χ3n) is 5.64. The lowest BCUT2D eigenvalue weighted by Gasteiger charge is -2.33. The molecule has 10 heteroatoms. The second kappa shape index (κ2) is 8.88. The van der Waals surface area contributed by atoms with Crippen LogP contribution >= 0.6 is 0 Å². The molecule has 4 rings (SSSR count). The van der Waals surface area contributed by atoms with Crippen LogP contribution in [0.25, 0.3) is 0 Å². The van der Waals surface area contributed by atoms with Crippen LogP contribution in [-0.4, -0.2) is 56.7 Å². The van der Waals surface area contributed by atoms with Gasteiger partial charge in [-0.1, -0.05) is 30.3 Å². The zero-order valence-electron chi connectivity index (χ0n) is 19.0. The van der Waals surface area contributed by atoms with Crippen molar-refractivity contribution >= 4 is 17.7 Å². The maximum atomic E-state index is 13.3. The van der Waals surface area contributed by atoms with E-state index in [1.807, 2.05) is 69.2 Å². The van der Waals surface area contributed by atoms with E-state index >= 15 is 0 Å². The molecular formula is C23H26N8O2. The van der Waals surface area contributed by atoms with Gasteiger partial charge in [-0.05, 0) is 39.6 Å². The van der Waals surface area contributed by atoms with E-state index in [9.17, 15) is 4.79 Å². The number of aromatic amines is 1. The van der Waals surface area contributed by atoms with Gasteiger partial charge in [0.25, 0.3) is 0 Å². The zero-order valence-corrected chi connectivity index (χ0v) is 19.0. The fourth-order valence-corrected chi connectivity index (χ4v) is 3.91. The number of aromatic nitrogens is 4. The molecule has 0 saturated heterocycles. The van der Waals surface area contributed by atoms with Gasteiger partial charge in [-0.25, -0.2) is 14.8 Å². The molecule has 3 aromatic rings. The van der Waals surface area contributed by atoms with E-state index in [1.165, 1.54) is 6.20 Å². The third-order valence-corrected chi connectivity index (χ3v) is 5.64. The molecule has 0 fully saturated rings. The van der Waals surface area contributed by atoms with Crippen molar-refractivity contribution in [3.05, 3.63) is 65.2 Å². The van der Waals surface area contributed by atoms with E-state index < -0.39 is 17.7 Å². The Balaban J connectivity index is 1.55. The van der Waals surface area contributed by atoms with Gasteiger partial charge in [0.1, 0.15) is 18.0 Å². The van der Waals surface area contributed by atoms with Crippen LogP contribution in [-0.2, 0) is 16.8 Å². The molecule has 1 aromatic carbocycles. The standard InChI is InChI=1S/C23H26N8O2/c1-23(2)20-16(21(29-28-20)27-18-10-11-25-19(12-24)26-18)13-31(23)22(32)33-17(14-30(3)4)15-8-6-5-7-9-15/h5-11,17H,13-14H2,1-4H3,(H2,25,26,27,28,29)/t17-/m1/s1. The van der Waals surface area contributed by atoms with Gasteiger partial charge in [0.2, 0.25) is 5.82 Å². The Hall–Kier alpha value is -3.97. The van der Waals surface area contributed by atoms with E-state index in [-0.39, 0.29) is 5.82 Å². The number of anilines is 2. The van der Waals surface area contributed by atoms with E-state index in [0.717, 1.165) is 16.8 Å². The summed E-state index contributed by atoms with van der Waals surface area (Å²) < 4.78 is 5.99. The van der Waals surface area contributed by atoms with Crippen LogP contribution in [0, 0.1) is 11.3 Å². The Bertz CT molecular complexity index is 1180. The second-order valence-electron chi connectivity index (χ2n) is 8.62. The molecule has 0 bridgehead atoms. The number of carbonyl (C=O) groups is 1. The lowest BCUT2D eigenvalue weighted by Crippen LogP contribution is -2.42. The highest BCUT2D eigenvalue weighted by Crippen LogP contribution is 2.41. The summed E-state index contributed by atoms with van der Waals surface area (Å²) in [5, 5.41) is 19.6. The molecule has 0 saturated carbocycles. The third kappa shape index (κ3) is 4.49. The number of hydrogen-bond donors (Lipinski definition) is 2. The molecular weight excluding hydrogens is 420 g/mol. The van der Waals surface area contributed by atoms with Crippen LogP contribution in [0.2, 0.25) is 0 Å². The Kier molecular flexibility index (Phi) is 5.98. The van der Waals surface area contributed by atoms with E-state index in [2.05, 4.69) is 25.5 Å². The molecule has 0 spiro atoms. The van der Waals surface area contributed by atoms with Crippen molar-refractivity contribution in [2.45, 2.75) is 32.0 Å². The summed E-state index contributed by atoms with van der Waals surface area (Å²) in [6.45, 7) is 4.78. The van der Waals surface area contributed by atoms with Crippen molar-refractivity contribution in [3.63, 3.8) is 0 Å². The quantitative estimate of drug-likeness (QED) is 0.591. The Morgan fingerprint density at radius 1 is 1.33 bits per heavy atom. The number of nitrogens with zero attached hydrogens (tertiary/aromatic N) is 6. The minimum absolute atomic E-state index is 0.0607. The van der Waals surface area contributed by atoms with Crippen LogP contribution in [0.5, 0.6) is 0 Å². The van der Waals surface area contributed by atoms with Crippen LogP contribution in [0.15, 0.2) is 42.6 Å². The first-order valence-corrected chi connectivity index (χ1v) is 10.6. The molecule has 0 aliphatic carbocycles. The average Bonchev–Trinajstić information content (AvgIpc) is 3.31. The first-order chi connectivity index (χ1) is 15.8. The number of rotatable bonds is 6. The molecule has 170 valence electrons. The van der Waals surface area contributed by atoms with E-state index in [1.54, 1.807) is 11.0 Å². The Labute approximate surface area is 192 Å². The van der Waals surface area contributed by atoms with Gasteiger partial charge in [0.15, 0.2) is 5.82 Å².